The number of amides is 1. The average molecular weight is 315 g/mol. The topological polar surface area (TPSA) is 72.5 Å². The molecule has 2 aromatic rings. The van der Waals surface area contributed by atoms with Gasteiger partial charge in [-0.3, -0.25) is 4.79 Å². The summed E-state index contributed by atoms with van der Waals surface area (Å²) < 4.78 is 44.5. The third kappa shape index (κ3) is 3.82. The van der Waals surface area contributed by atoms with Gasteiger partial charge in [-0.05, 0) is 12.1 Å². The number of aryl methyl sites for hydroxylation is 1. The zero-order valence-electron chi connectivity index (χ0n) is 11.9. The molecule has 1 atom stereocenters. The maximum atomic E-state index is 13.4. The van der Waals surface area contributed by atoms with Gasteiger partial charge in [-0.1, -0.05) is 0 Å². The number of rotatable bonds is 5. The lowest BCUT2D eigenvalue weighted by Crippen LogP contribution is -3.08. The van der Waals surface area contributed by atoms with Crippen LogP contribution in [-0.4, -0.2) is 29.7 Å². The van der Waals surface area contributed by atoms with Crippen molar-refractivity contribution in [3.05, 3.63) is 41.4 Å². The minimum Gasteiger partial charge on any atom is -0.420 e. The summed E-state index contributed by atoms with van der Waals surface area (Å²) in [6.07, 6.45) is 0. The van der Waals surface area contributed by atoms with E-state index in [1.165, 1.54) is 0 Å². The zero-order valence-corrected chi connectivity index (χ0v) is 11.9. The second-order valence-corrected chi connectivity index (χ2v) is 4.80. The van der Waals surface area contributed by atoms with Crippen molar-refractivity contribution in [2.45, 2.75) is 13.5 Å². The Labute approximate surface area is 123 Å². The molecule has 0 radical (unpaired) electrons. The number of anilines is 1. The number of aromatic nitrogens is 2. The molecule has 0 aliphatic rings. The molecule has 0 fully saturated rings. The summed E-state index contributed by atoms with van der Waals surface area (Å²) in [5, 5.41) is 9.64. The predicted octanol–water partition coefficient (Wildman–Crippen LogP) is 0.449. The van der Waals surface area contributed by atoms with Crippen LogP contribution in [0.4, 0.5) is 18.9 Å². The molecular formula is C13H14F3N4O2+. The Morgan fingerprint density at radius 3 is 2.64 bits per heavy atom. The van der Waals surface area contributed by atoms with Gasteiger partial charge in [-0.15, -0.1) is 10.2 Å². The summed E-state index contributed by atoms with van der Waals surface area (Å²) in [5.74, 6) is -4.15. The van der Waals surface area contributed by atoms with E-state index in [-0.39, 0.29) is 6.54 Å². The van der Waals surface area contributed by atoms with E-state index in [4.69, 9.17) is 4.42 Å². The average Bonchev–Trinajstić information content (AvgIpc) is 2.84. The molecule has 0 saturated carbocycles. The molecular weight excluding hydrogens is 301 g/mol. The second-order valence-electron chi connectivity index (χ2n) is 4.80. The van der Waals surface area contributed by atoms with Crippen LogP contribution >= 0.6 is 0 Å². The first-order chi connectivity index (χ1) is 10.4. The van der Waals surface area contributed by atoms with E-state index in [2.05, 4.69) is 15.5 Å². The number of nitrogens with one attached hydrogen (secondary N) is 2. The van der Waals surface area contributed by atoms with Crippen LogP contribution in [0.25, 0.3) is 0 Å². The Morgan fingerprint density at radius 2 is 2.00 bits per heavy atom. The van der Waals surface area contributed by atoms with E-state index >= 15 is 0 Å². The summed E-state index contributed by atoms with van der Waals surface area (Å²) >= 11 is 0. The highest BCUT2D eigenvalue weighted by Crippen LogP contribution is 2.19. The first-order valence-corrected chi connectivity index (χ1v) is 6.40. The smallest absolute Gasteiger partial charge is 0.279 e. The monoisotopic (exact) mass is 315 g/mol. The van der Waals surface area contributed by atoms with E-state index in [1.54, 1.807) is 14.0 Å². The number of benzene rings is 1. The van der Waals surface area contributed by atoms with Gasteiger partial charge in [0.15, 0.2) is 30.5 Å². The fourth-order valence-corrected chi connectivity index (χ4v) is 1.82. The highest BCUT2D eigenvalue weighted by atomic mass is 19.2. The van der Waals surface area contributed by atoms with Gasteiger partial charge >= 0.3 is 0 Å². The van der Waals surface area contributed by atoms with Gasteiger partial charge in [-0.2, -0.15) is 0 Å². The van der Waals surface area contributed by atoms with Crippen LogP contribution in [0.1, 0.15) is 11.8 Å². The molecule has 0 saturated heterocycles. The predicted molar refractivity (Wildman–Crippen MR) is 69.4 cm³/mol. The molecule has 1 heterocycles. The molecule has 0 bridgehead atoms. The number of carbonyl (C=O) groups excluding carboxylic acids is 1. The molecule has 1 amide bonds. The highest BCUT2D eigenvalue weighted by molar-refractivity contribution is 5.91. The number of likely N-dealkylation sites (N-methyl/N-ethyl adjacent to an activating group) is 1. The van der Waals surface area contributed by atoms with Crippen LogP contribution < -0.4 is 10.2 Å². The van der Waals surface area contributed by atoms with E-state index < -0.39 is 29.0 Å². The van der Waals surface area contributed by atoms with E-state index in [1.807, 2.05) is 0 Å². The van der Waals surface area contributed by atoms with Crippen LogP contribution in [0.5, 0.6) is 0 Å². The van der Waals surface area contributed by atoms with E-state index in [9.17, 15) is 18.0 Å². The molecule has 0 spiro atoms. The van der Waals surface area contributed by atoms with Crippen molar-refractivity contribution < 1.29 is 27.3 Å². The molecule has 6 nitrogen and oxygen atoms in total. The first-order valence-electron chi connectivity index (χ1n) is 6.40. The lowest BCUT2D eigenvalue weighted by atomic mass is 10.2. The molecule has 0 aliphatic carbocycles. The van der Waals surface area contributed by atoms with Crippen LogP contribution in [0.15, 0.2) is 16.5 Å². The van der Waals surface area contributed by atoms with Gasteiger partial charge in [0.25, 0.3) is 11.8 Å². The fraction of sp³-hybridized carbons (Fsp3) is 0.308. The Balaban J connectivity index is 1.94. The lowest BCUT2D eigenvalue weighted by Gasteiger charge is -2.12. The summed E-state index contributed by atoms with van der Waals surface area (Å²) in [7, 11) is 1.70. The standard InChI is InChI=1S/C13H13F3N4O2/c1-7-18-19-11(22-7)6-20(2)5-10(21)17-9-4-3-8(14)12(15)13(9)16/h3-4H,5-6H2,1-2H3,(H,17,21)/p+1. The molecule has 1 unspecified atom stereocenters. The van der Waals surface area contributed by atoms with Gasteiger partial charge < -0.3 is 14.6 Å². The molecule has 2 rings (SSSR count). The third-order valence-corrected chi connectivity index (χ3v) is 2.79. The van der Waals surface area contributed by atoms with Crippen LogP contribution in [0.2, 0.25) is 0 Å². The molecule has 1 aromatic heterocycles. The number of hydrogen-bond acceptors (Lipinski definition) is 4. The molecule has 22 heavy (non-hydrogen) atoms. The number of carbonyl (C=O) groups is 1. The van der Waals surface area contributed by atoms with Crippen molar-refractivity contribution in [2.24, 2.45) is 0 Å². The van der Waals surface area contributed by atoms with Gasteiger partial charge in [0.1, 0.15) is 0 Å². The number of nitrogens with zero attached hydrogens (tertiary/aromatic N) is 2. The fourth-order valence-electron chi connectivity index (χ4n) is 1.82. The maximum Gasteiger partial charge on any atom is 0.279 e. The highest BCUT2D eigenvalue weighted by Gasteiger charge is 2.18. The van der Waals surface area contributed by atoms with Gasteiger partial charge in [0, 0.05) is 6.92 Å². The molecule has 118 valence electrons. The van der Waals surface area contributed by atoms with Crippen LogP contribution in [0, 0.1) is 24.4 Å². The van der Waals surface area contributed by atoms with Gasteiger partial charge in [0.2, 0.25) is 5.89 Å². The number of halogens is 3. The number of hydrogen-bond donors (Lipinski definition) is 2. The Hall–Kier alpha value is -2.42. The molecule has 9 heteroatoms. The van der Waals surface area contributed by atoms with Crippen LogP contribution in [0.3, 0.4) is 0 Å². The van der Waals surface area contributed by atoms with Crippen molar-refractivity contribution in [3.63, 3.8) is 0 Å². The summed E-state index contributed by atoms with van der Waals surface area (Å²) in [4.78, 5) is 12.5. The van der Waals surface area contributed by atoms with Gasteiger partial charge in [-0.25, -0.2) is 13.2 Å². The third-order valence-electron chi connectivity index (χ3n) is 2.79. The summed E-state index contributed by atoms with van der Waals surface area (Å²) in [6.45, 7) is 1.90. The van der Waals surface area contributed by atoms with E-state index in [0.29, 0.717) is 23.2 Å². The van der Waals surface area contributed by atoms with E-state index in [0.717, 1.165) is 12.1 Å². The first kappa shape index (κ1) is 16.0. The van der Waals surface area contributed by atoms with Crippen molar-refractivity contribution >= 4 is 11.6 Å². The maximum absolute atomic E-state index is 13.4. The summed E-state index contributed by atoms with van der Waals surface area (Å²) in [6, 6.07) is 1.70. The van der Waals surface area contributed by atoms with Gasteiger partial charge in [0.05, 0.1) is 12.7 Å². The van der Waals surface area contributed by atoms with Crippen molar-refractivity contribution in [2.75, 3.05) is 18.9 Å². The van der Waals surface area contributed by atoms with Crippen molar-refractivity contribution in [1.82, 2.24) is 10.2 Å². The SMILES string of the molecule is Cc1nnc(C[NH+](C)CC(=O)Nc2ccc(F)c(F)c2F)o1. The van der Waals surface area contributed by atoms with Crippen LogP contribution in [-0.2, 0) is 11.3 Å². The molecule has 1 aromatic carbocycles. The minimum absolute atomic E-state index is 0.0418. The van der Waals surface area contributed by atoms with Crippen molar-refractivity contribution in [1.29, 1.82) is 0 Å². The quantitative estimate of drug-likeness (QED) is 0.786. The Morgan fingerprint density at radius 1 is 1.27 bits per heavy atom. The second kappa shape index (κ2) is 6.56. The Kier molecular flexibility index (Phi) is 4.76. The Bertz CT molecular complexity index is 690. The minimum atomic E-state index is -1.63. The summed E-state index contributed by atoms with van der Waals surface area (Å²) in [5.41, 5.74) is -0.412. The largest absolute Gasteiger partial charge is 0.420 e. The zero-order chi connectivity index (χ0) is 16.3. The normalized spacial score (nSPS) is 12.2. The number of quaternary nitrogens is 1. The van der Waals surface area contributed by atoms with Crippen molar-refractivity contribution in [3.8, 4) is 0 Å². The lowest BCUT2D eigenvalue weighted by molar-refractivity contribution is -0.886. The molecule has 2 N–H and O–H groups in total. The molecule has 0 aliphatic heterocycles.